The Kier molecular flexibility index (Phi) is 6.04. The fourth-order valence-corrected chi connectivity index (χ4v) is 4.77. The number of hydrogen-bond donors (Lipinski definition) is 1. The van der Waals surface area contributed by atoms with Crippen molar-refractivity contribution in [2.45, 2.75) is 26.2 Å². The molecule has 1 N–H and O–H groups in total. The van der Waals surface area contributed by atoms with Crippen LogP contribution in [0.5, 0.6) is 11.5 Å². The van der Waals surface area contributed by atoms with E-state index in [1.54, 1.807) is 19.2 Å². The third-order valence-corrected chi connectivity index (χ3v) is 6.26. The Balaban J connectivity index is 1.78. The molecule has 0 heterocycles. The second kappa shape index (κ2) is 8.91. The predicted octanol–water partition coefficient (Wildman–Crippen LogP) is 5.96. The maximum atomic E-state index is 13.0. The van der Waals surface area contributed by atoms with Gasteiger partial charge in [-0.25, -0.2) is 4.79 Å². The van der Waals surface area contributed by atoms with Crippen molar-refractivity contribution >= 4 is 12.0 Å². The van der Waals surface area contributed by atoms with Crippen molar-refractivity contribution in [1.82, 2.24) is 0 Å². The first-order valence-electron chi connectivity index (χ1n) is 10.8. The Morgan fingerprint density at radius 1 is 1.12 bits per heavy atom. The first kappa shape index (κ1) is 21.7. The third-order valence-electron chi connectivity index (χ3n) is 6.26. The highest BCUT2D eigenvalue weighted by molar-refractivity contribution is 5.93. The molecule has 1 fully saturated rings. The normalized spacial score (nSPS) is 21.4. The highest BCUT2D eigenvalue weighted by atomic mass is 16.5. The van der Waals surface area contributed by atoms with E-state index in [0.717, 1.165) is 40.0 Å². The van der Waals surface area contributed by atoms with Crippen molar-refractivity contribution in [2.24, 2.45) is 5.92 Å². The van der Waals surface area contributed by atoms with E-state index in [4.69, 9.17) is 9.47 Å². The largest absolute Gasteiger partial charge is 0.508 e. The van der Waals surface area contributed by atoms with Crippen molar-refractivity contribution in [3.63, 3.8) is 0 Å². The lowest BCUT2D eigenvalue weighted by Crippen LogP contribution is -2.25. The summed E-state index contributed by atoms with van der Waals surface area (Å²) in [5.41, 5.74) is 7.09. The number of aromatic hydroxyl groups is 1. The number of esters is 1. The summed E-state index contributed by atoms with van der Waals surface area (Å²) < 4.78 is 10.8. The van der Waals surface area contributed by atoms with Crippen LogP contribution in [0.1, 0.15) is 37.3 Å². The molecule has 4 heteroatoms. The number of carbonyl (C=O) groups excluding carboxylic acids is 1. The first-order valence-corrected chi connectivity index (χ1v) is 10.8. The van der Waals surface area contributed by atoms with Crippen LogP contribution in [0.2, 0.25) is 0 Å². The van der Waals surface area contributed by atoms with Crippen LogP contribution in [0.25, 0.3) is 6.08 Å². The summed E-state index contributed by atoms with van der Waals surface area (Å²) >= 11 is 0. The molecule has 2 aliphatic rings. The van der Waals surface area contributed by atoms with Gasteiger partial charge in [-0.15, -0.1) is 0 Å². The van der Waals surface area contributed by atoms with Crippen LogP contribution in [-0.4, -0.2) is 24.8 Å². The Bertz CT molecular complexity index is 1130. The molecule has 1 saturated carbocycles. The maximum absolute atomic E-state index is 13.0. The van der Waals surface area contributed by atoms with Crippen LogP contribution in [0.15, 0.2) is 89.1 Å². The van der Waals surface area contributed by atoms with Crippen LogP contribution in [0.3, 0.4) is 0 Å². The molecule has 2 aliphatic carbocycles. The molecule has 2 atom stereocenters. The lowest BCUT2D eigenvalue weighted by atomic mass is 9.71. The fourth-order valence-electron chi connectivity index (χ4n) is 4.77. The van der Waals surface area contributed by atoms with Crippen molar-refractivity contribution in [2.75, 3.05) is 13.7 Å². The molecule has 0 radical (unpaired) electrons. The van der Waals surface area contributed by atoms with Crippen LogP contribution in [0, 0.1) is 5.92 Å². The van der Waals surface area contributed by atoms with Gasteiger partial charge in [0.2, 0.25) is 0 Å². The van der Waals surface area contributed by atoms with E-state index in [1.165, 1.54) is 5.57 Å². The van der Waals surface area contributed by atoms with E-state index in [1.807, 2.05) is 50.2 Å². The molecule has 32 heavy (non-hydrogen) atoms. The van der Waals surface area contributed by atoms with E-state index in [9.17, 15) is 9.90 Å². The van der Waals surface area contributed by atoms with Crippen molar-refractivity contribution in [3.8, 4) is 11.5 Å². The van der Waals surface area contributed by atoms with Gasteiger partial charge in [-0.05, 0) is 72.4 Å². The number of benzene rings is 2. The van der Waals surface area contributed by atoms with Crippen LogP contribution >= 0.6 is 0 Å². The number of carbonyl (C=O) groups is 1. The molecular weight excluding hydrogens is 400 g/mol. The highest BCUT2D eigenvalue weighted by Gasteiger charge is 2.42. The van der Waals surface area contributed by atoms with Crippen LogP contribution in [0.4, 0.5) is 0 Å². The lowest BCUT2D eigenvalue weighted by Gasteiger charge is -2.32. The number of rotatable bonds is 5. The Morgan fingerprint density at radius 2 is 1.81 bits per heavy atom. The van der Waals surface area contributed by atoms with Crippen molar-refractivity contribution < 1.29 is 19.4 Å². The second-order valence-corrected chi connectivity index (χ2v) is 8.23. The van der Waals surface area contributed by atoms with Gasteiger partial charge >= 0.3 is 5.97 Å². The SMILES string of the molecule is C=C1/C(=C\c2ccc(O)cc2)CC2=CC(C)=C(C(=O)OCC)C(c3ccc(OC)cc3)C12. The number of phenolic OH excluding ortho intramolecular Hbond substituents is 1. The van der Waals surface area contributed by atoms with E-state index >= 15 is 0 Å². The number of hydrogen-bond acceptors (Lipinski definition) is 4. The van der Waals surface area contributed by atoms with Gasteiger partial charge in [-0.1, -0.05) is 48.6 Å². The van der Waals surface area contributed by atoms with Gasteiger partial charge in [0.1, 0.15) is 11.5 Å². The smallest absolute Gasteiger partial charge is 0.334 e. The Hall–Kier alpha value is -3.53. The molecule has 0 saturated heterocycles. The number of phenols is 1. The minimum absolute atomic E-state index is 0.00475. The standard InChI is InChI=1S/C28H28O4/c1-5-32-28(30)25-17(2)14-22-16-21(15-19-6-10-23(29)11-7-19)18(3)26(22)27(25)20-8-12-24(31-4)13-9-20/h6-15,26-27,29H,3,5,16H2,1-2,4H3/b21-15-. The summed E-state index contributed by atoms with van der Waals surface area (Å²) in [5.74, 6) is 0.571. The van der Waals surface area contributed by atoms with E-state index in [2.05, 4.69) is 18.7 Å². The minimum Gasteiger partial charge on any atom is -0.508 e. The molecule has 2 aromatic carbocycles. The molecule has 2 unspecified atom stereocenters. The van der Waals surface area contributed by atoms with Gasteiger partial charge in [0, 0.05) is 17.4 Å². The second-order valence-electron chi connectivity index (χ2n) is 8.23. The van der Waals surface area contributed by atoms with Gasteiger partial charge in [-0.3, -0.25) is 0 Å². The van der Waals surface area contributed by atoms with Gasteiger partial charge in [-0.2, -0.15) is 0 Å². The molecule has 0 aliphatic heterocycles. The quantitative estimate of drug-likeness (QED) is 0.597. The zero-order chi connectivity index (χ0) is 22.8. The number of methoxy groups -OCH3 is 1. The number of ether oxygens (including phenoxy) is 2. The predicted molar refractivity (Wildman–Crippen MR) is 126 cm³/mol. The molecule has 0 spiro atoms. The topological polar surface area (TPSA) is 55.8 Å². The molecule has 164 valence electrons. The third kappa shape index (κ3) is 4.01. The van der Waals surface area contributed by atoms with Gasteiger partial charge < -0.3 is 14.6 Å². The van der Waals surface area contributed by atoms with Gasteiger partial charge in [0.15, 0.2) is 0 Å². The average Bonchev–Trinajstić information content (AvgIpc) is 3.09. The summed E-state index contributed by atoms with van der Waals surface area (Å²) in [6.07, 6.45) is 5.02. The van der Waals surface area contributed by atoms with E-state index < -0.39 is 0 Å². The summed E-state index contributed by atoms with van der Waals surface area (Å²) in [6.45, 7) is 8.59. The van der Waals surface area contributed by atoms with Crippen molar-refractivity contribution in [1.29, 1.82) is 0 Å². The summed E-state index contributed by atoms with van der Waals surface area (Å²) in [4.78, 5) is 13.0. The molecule has 0 bridgehead atoms. The highest BCUT2D eigenvalue weighted by Crippen LogP contribution is 2.53. The first-order chi connectivity index (χ1) is 15.4. The van der Waals surface area contributed by atoms with Crippen LogP contribution < -0.4 is 4.74 Å². The summed E-state index contributed by atoms with van der Waals surface area (Å²) in [7, 11) is 1.64. The monoisotopic (exact) mass is 428 g/mol. The van der Waals surface area contributed by atoms with Crippen molar-refractivity contribution in [3.05, 3.63) is 100 Å². The molecule has 4 nitrogen and oxygen atoms in total. The van der Waals surface area contributed by atoms with Gasteiger partial charge in [0.25, 0.3) is 0 Å². The molecular formula is C28H28O4. The molecule has 0 aromatic heterocycles. The summed E-state index contributed by atoms with van der Waals surface area (Å²) in [5, 5.41) is 9.58. The Morgan fingerprint density at radius 3 is 2.44 bits per heavy atom. The zero-order valence-corrected chi connectivity index (χ0v) is 18.7. The van der Waals surface area contributed by atoms with E-state index in [-0.39, 0.29) is 23.6 Å². The van der Waals surface area contributed by atoms with Crippen LogP contribution in [-0.2, 0) is 9.53 Å². The number of allylic oxidation sites excluding steroid dienone is 5. The van der Waals surface area contributed by atoms with Gasteiger partial charge in [0.05, 0.1) is 13.7 Å². The summed E-state index contributed by atoms with van der Waals surface area (Å²) in [6, 6.07) is 15.0. The van der Waals surface area contributed by atoms with E-state index in [0.29, 0.717) is 12.2 Å². The Labute approximate surface area is 189 Å². The zero-order valence-electron chi connectivity index (χ0n) is 18.7. The minimum atomic E-state index is -0.273. The molecule has 0 amide bonds. The lowest BCUT2D eigenvalue weighted by molar-refractivity contribution is -0.139. The molecule has 2 aromatic rings. The molecule has 4 rings (SSSR count). The number of fused-ring (bicyclic) bond motifs is 1. The average molecular weight is 429 g/mol. The maximum Gasteiger partial charge on any atom is 0.334 e. The fraction of sp³-hybridized carbons (Fsp3) is 0.250.